The second kappa shape index (κ2) is 23.2. The molecule has 0 radical (unpaired) electrons. The fraction of sp³-hybridized carbons (Fsp3) is 0.966. The highest BCUT2D eigenvalue weighted by atomic mass is 16.6. The Balaban J connectivity index is 2.01. The zero-order valence-corrected chi connectivity index (χ0v) is 24.5. The lowest BCUT2D eigenvalue weighted by Crippen LogP contribution is -2.39. The van der Waals surface area contributed by atoms with E-state index in [0.717, 1.165) is 32.1 Å². The number of rotatable bonds is 25. The average Bonchev–Trinajstić information content (AvgIpc) is 3.19. The van der Waals surface area contributed by atoms with Gasteiger partial charge in [0, 0.05) is 27.2 Å². The first-order valence-corrected chi connectivity index (χ1v) is 15.3. The molecule has 37 heavy (non-hydrogen) atoms. The smallest absolute Gasteiger partial charge is 0.220 e. The van der Waals surface area contributed by atoms with Gasteiger partial charge < -0.3 is 29.4 Å². The zero-order chi connectivity index (χ0) is 27.1. The number of nitrogens with one attached hydrogen (secondary N) is 1. The van der Waals surface area contributed by atoms with Crippen LogP contribution in [-0.4, -0.2) is 83.3 Å². The van der Waals surface area contributed by atoms with E-state index in [1.165, 1.54) is 70.6 Å². The molecule has 7 nitrogen and oxygen atoms in total. The molecule has 1 amide bonds. The molecule has 1 heterocycles. The minimum Gasteiger partial charge on any atom is -0.394 e. The normalized spacial score (nSPS) is 22.4. The molecule has 1 aliphatic rings. The lowest BCUT2D eigenvalue weighted by molar-refractivity contribution is -0.122. The van der Waals surface area contributed by atoms with E-state index in [1.54, 1.807) is 14.2 Å². The predicted octanol–water partition coefficient (Wildman–Crippen LogP) is 4.52. The number of aliphatic hydroxyl groups is 1. The van der Waals surface area contributed by atoms with Gasteiger partial charge in [-0.15, -0.1) is 0 Å². The van der Waals surface area contributed by atoms with Gasteiger partial charge in [-0.05, 0) is 25.7 Å². The highest BCUT2D eigenvalue weighted by Crippen LogP contribution is 2.25. The maximum Gasteiger partial charge on any atom is 0.220 e. The van der Waals surface area contributed by atoms with E-state index in [1.807, 2.05) is 7.85 Å². The summed E-state index contributed by atoms with van der Waals surface area (Å²) in [6.45, 7) is 3.33. The Kier molecular flexibility index (Phi) is 21.6. The van der Waals surface area contributed by atoms with Gasteiger partial charge in [0.2, 0.25) is 5.91 Å². The van der Waals surface area contributed by atoms with E-state index in [4.69, 9.17) is 18.9 Å². The lowest BCUT2D eigenvalue weighted by atomic mass is 9.92. The Morgan fingerprint density at radius 2 is 1.49 bits per heavy atom. The number of hydrogen-bond donors (Lipinski definition) is 2. The maximum absolute atomic E-state index is 12.3. The standard InChI is InChI=1S/C29H58BNO6/c1-4-5-6-7-8-9-10-11-12-13-14-15-16-20-26(33)31-24(22-32)19-17-18-21-36-28-27(35-3)25(23-34-2)37-29(28)30/h24-25,27-29,32H,4-23,30H2,1-3H3,(H,31,33)/t24?,25-,27+,28?,29-/m1/s1. The zero-order valence-electron chi connectivity index (χ0n) is 24.5. The van der Waals surface area contributed by atoms with E-state index < -0.39 is 0 Å². The van der Waals surface area contributed by atoms with Gasteiger partial charge in [0.1, 0.15) is 26.2 Å². The van der Waals surface area contributed by atoms with Gasteiger partial charge in [0.05, 0.1) is 25.3 Å². The average molecular weight is 528 g/mol. The van der Waals surface area contributed by atoms with Crippen molar-refractivity contribution < 1.29 is 28.8 Å². The molecule has 0 aliphatic carbocycles. The second-order valence-electron chi connectivity index (χ2n) is 10.8. The predicted molar refractivity (Wildman–Crippen MR) is 153 cm³/mol. The van der Waals surface area contributed by atoms with Crippen LogP contribution in [0.3, 0.4) is 0 Å². The monoisotopic (exact) mass is 527 g/mol. The van der Waals surface area contributed by atoms with Crippen molar-refractivity contribution in [3.8, 4) is 0 Å². The molecule has 2 unspecified atom stereocenters. The van der Waals surface area contributed by atoms with Crippen molar-refractivity contribution in [1.82, 2.24) is 5.32 Å². The quantitative estimate of drug-likeness (QED) is 0.134. The molecule has 2 N–H and O–H groups in total. The van der Waals surface area contributed by atoms with Crippen molar-refractivity contribution in [2.24, 2.45) is 0 Å². The highest BCUT2D eigenvalue weighted by Gasteiger charge is 2.43. The molecule has 0 saturated carbocycles. The number of amides is 1. The highest BCUT2D eigenvalue weighted by molar-refractivity contribution is 6.11. The minimum absolute atomic E-state index is 0.0247. The Hall–Kier alpha value is -0.665. The van der Waals surface area contributed by atoms with Crippen LogP contribution in [0.4, 0.5) is 0 Å². The molecule has 0 spiro atoms. The van der Waals surface area contributed by atoms with Crippen LogP contribution in [0, 0.1) is 0 Å². The molecule has 5 atom stereocenters. The van der Waals surface area contributed by atoms with E-state index in [9.17, 15) is 9.90 Å². The van der Waals surface area contributed by atoms with Crippen molar-refractivity contribution in [3.63, 3.8) is 0 Å². The summed E-state index contributed by atoms with van der Waals surface area (Å²) in [4.78, 5) is 12.3. The summed E-state index contributed by atoms with van der Waals surface area (Å²) < 4.78 is 22.8. The Morgan fingerprint density at radius 1 is 0.892 bits per heavy atom. The van der Waals surface area contributed by atoms with Crippen LogP contribution in [0.2, 0.25) is 0 Å². The van der Waals surface area contributed by atoms with E-state index in [-0.39, 0.29) is 42.9 Å². The number of unbranched alkanes of at least 4 members (excludes halogenated alkanes) is 13. The molecule has 0 aromatic carbocycles. The van der Waals surface area contributed by atoms with Gasteiger partial charge in [0.25, 0.3) is 0 Å². The van der Waals surface area contributed by atoms with Crippen molar-refractivity contribution in [1.29, 1.82) is 0 Å². The van der Waals surface area contributed by atoms with E-state index in [2.05, 4.69) is 12.2 Å². The Bertz CT molecular complexity index is 541. The van der Waals surface area contributed by atoms with Crippen molar-refractivity contribution in [3.05, 3.63) is 0 Å². The third kappa shape index (κ3) is 16.1. The third-order valence-electron chi connectivity index (χ3n) is 7.50. The SMILES string of the molecule is B[C@@H]1O[C@H](COC)[C@H](OC)C1OCCCCC(CO)NC(=O)CCCCCCCCCCCCCCC. The van der Waals surface area contributed by atoms with E-state index in [0.29, 0.717) is 19.6 Å². The molecule has 0 aromatic heterocycles. The van der Waals surface area contributed by atoms with Gasteiger partial charge >= 0.3 is 0 Å². The molecule has 0 aromatic rings. The topological polar surface area (TPSA) is 86.2 Å². The number of aliphatic hydroxyl groups excluding tert-OH is 1. The van der Waals surface area contributed by atoms with Crippen molar-refractivity contribution >= 4 is 13.8 Å². The number of carbonyl (C=O) groups excluding carboxylic acids is 1. The first kappa shape index (κ1) is 34.4. The summed E-state index contributed by atoms with van der Waals surface area (Å²) in [6, 6.07) is -0.222. The summed E-state index contributed by atoms with van der Waals surface area (Å²) in [7, 11) is 5.34. The van der Waals surface area contributed by atoms with Gasteiger partial charge in [-0.25, -0.2) is 0 Å². The number of methoxy groups -OCH3 is 2. The lowest BCUT2D eigenvalue weighted by Gasteiger charge is -2.22. The van der Waals surface area contributed by atoms with Crippen molar-refractivity contribution in [2.45, 2.75) is 146 Å². The number of carbonyl (C=O) groups is 1. The van der Waals surface area contributed by atoms with Crippen LogP contribution < -0.4 is 5.32 Å². The van der Waals surface area contributed by atoms with Crippen LogP contribution >= 0.6 is 0 Å². The van der Waals surface area contributed by atoms with Crippen LogP contribution in [-0.2, 0) is 23.7 Å². The second-order valence-corrected chi connectivity index (χ2v) is 10.8. The molecule has 1 saturated heterocycles. The van der Waals surface area contributed by atoms with Gasteiger partial charge in [0.15, 0.2) is 0 Å². The summed E-state index contributed by atoms with van der Waals surface area (Å²) in [5.74, 6) is 0.0578. The van der Waals surface area contributed by atoms with Crippen LogP contribution in [0.25, 0.3) is 0 Å². The number of ether oxygens (including phenoxy) is 4. The van der Waals surface area contributed by atoms with E-state index >= 15 is 0 Å². The van der Waals surface area contributed by atoms with Gasteiger partial charge in [-0.3, -0.25) is 4.79 Å². The Morgan fingerprint density at radius 3 is 2.03 bits per heavy atom. The molecule has 0 bridgehead atoms. The van der Waals surface area contributed by atoms with Crippen LogP contribution in [0.15, 0.2) is 0 Å². The first-order chi connectivity index (χ1) is 18.1. The van der Waals surface area contributed by atoms with Gasteiger partial charge in [-0.1, -0.05) is 84.0 Å². The molecule has 218 valence electrons. The summed E-state index contributed by atoms with van der Waals surface area (Å²) in [6.07, 6.45) is 19.6. The third-order valence-corrected chi connectivity index (χ3v) is 7.50. The fourth-order valence-electron chi connectivity index (χ4n) is 5.25. The molecule has 1 rings (SSSR count). The number of hydrogen-bond acceptors (Lipinski definition) is 6. The molecular weight excluding hydrogens is 469 g/mol. The molecule has 1 aliphatic heterocycles. The summed E-state index contributed by atoms with van der Waals surface area (Å²) >= 11 is 0. The summed E-state index contributed by atoms with van der Waals surface area (Å²) in [5.41, 5.74) is 0. The molecule has 1 fully saturated rings. The van der Waals surface area contributed by atoms with Crippen LogP contribution in [0.1, 0.15) is 116 Å². The molecular formula is C29H58BNO6. The summed E-state index contributed by atoms with van der Waals surface area (Å²) in [5, 5.41) is 12.7. The largest absolute Gasteiger partial charge is 0.394 e. The van der Waals surface area contributed by atoms with Crippen LogP contribution in [0.5, 0.6) is 0 Å². The molecule has 8 heteroatoms. The van der Waals surface area contributed by atoms with Crippen molar-refractivity contribution in [2.75, 3.05) is 34.0 Å². The first-order valence-electron chi connectivity index (χ1n) is 15.3. The Labute approximate surface area is 228 Å². The fourth-order valence-corrected chi connectivity index (χ4v) is 5.25. The maximum atomic E-state index is 12.3. The minimum atomic E-state index is -0.180. The van der Waals surface area contributed by atoms with Gasteiger partial charge in [-0.2, -0.15) is 0 Å².